The Morgan fingerprint density at radius 3 is 2.87 bits per heavy atom. The van der Waals surface area contributed by atoms with E-state index >= 15 is 0 Å². The molecule has 0 aliphatic carbocycles. The van der Waals surface area contributed by atoms with Gasteiger partial charge in [0.25, 0.3) is 0 Å². The van der Waals surface area contributed by atoms with Crippen molar-refractivity contribution in [3.8, 4) is 0 Å². The molecule has 0 aromatic rings. The summed E-state index contributed by atoms with van der Waals surface area (Å²) in [5, 5.41) is 11.1. The maximum atomic E-state index is 11.3. The lowest BCUT2D eigenvalue weighted by Gasteiger charge is -2.17. The summed E-state index contributed by atoms with van der Waals surface area (Å²) in [6.07, 6.45) is 2.04. The number of amides is 2. The fraction of sp³-hybridized carbons (Fsp3) is 0.778. The van der Waals surface area contributed by atoms with E-state index in [0.717, 1.165) is 24.3 Å². The lowest BCUT2D eigenvalue weighted by atomic mass is 10.2. The molecule has 0 bridgehead atoms. The van der Waals surface area contributed by atoms with Gasteiger partial charge in [0, 0.05) is 20.2 Å². The second-order valence-electron chi connectivity index (χ2n) is 3.57. The molecule has 86 valence electrons. The molecular formula is C9H16N2O4. The van der Waals surface area contributed by atoms with Gasteiger partial charge >= 0.3 is 12.0 Å². The van der Waals surface area contributed by atoms with Gasteiger partial charge in [-0.1, -0.05) is 0 Å². The van der Waals surface area contributed by atoms with Gasteiger partial charge in [0.1, 0.15) is 6.54 Å². The summed E-state index contributed by atoms with van der Waals surface area (Å²) >= 11 is 0. The molecule has 1 aliphatic rings. The molecule has 6 heteroatoms. The third-order valence-corrected chi connectivity index (χ3v) is 2.22. The largest absolute Gasteiger partial charge is 0.480 e. The quantitative estimate of drug-likeness (QED) is 0.687. The SMILES string of the molecule is CN(CC(=O)O)C(=O)NCC1CCCO1. The number of carboxylic acids is 1. The molecular weight excluding hydrogens is 200 g/mol. The molecule has 1 atom stereocenters. The van der Waals surface area contributed by atoms with Gasteiger partial charge < -0.3 is 20.1 Å². The van der Waals surface area contributed by atoms with E-state index in [1.165, 1.54) is 7.05 Å². The van der Waals surface area contributed by atoms with Gasteiger partial charge in [0.05, 0.1) is 6.10 Å². The van der Waals surface area contributed by atoms with E-state index in [0.29, 0.717) is 6.54 Å². The minimum absolute atomic E-state index is 0.0761. The van der Waals surface area contributed by atoms with Crippen LogP contribution in [0.3, 0.4) is 0 Å². The highest BCUT2D eigenvalue weighted by Crippen LogP contribution is 2.10. The smallest absolute Gasteiger partial charge is 0.323 e. The summed E-state index contributed by atoms with van der Waals surface area (Å²) in [5.74, 6) is -1.02. The maximum Gasteiger partial charge on any atom is 0.323 e. The van der Waals surface area contributed by atoms with E-state index in [-0.39, 0.29) is 18.7 Å². The Hall–Kier alpha value is -1.30. The summed E-state index contributed by atoms with van der Waals surface area (Å²) in [7, 11) is 1.44. The van der Waals surface area contributed by atoms with Crippen LogP contribution in [-0.4, -0.2) is 54.9 Å². The van der Waals surface area contributed by atoms with Crippen LogP contribution in [0.15, 0.2) is 0 Å². The van der Waals surface area contributed by atoms with Crippen LogP contribution in [0.2, 0.25) is 0 Å². The van der Waals surface area contributed by atoms with Gasteiger partial charge in [-0.3, -0.25) is 4.79 Å². The number of nitrogens with zero attached hydrogens (tertiary/aromatic N) is 1. The fourth-order valence-electron chi connectivity index (χ4n) is 1.42. The van der Waals surface area contributed by atoms with Crippen LogP contribution in [-0.2, 0) is 9.53 Å². The Labute approximate surface area is 88.2 Å². The van der Waals surface area contributed by atoms with Gasteiger partial charge in [0.2, 0.25) is 0 Å². The number of urea groups is 1. The molecule has 0 aromatic heterocycles. The number of ether oxygens (including phenoxy) is 1. The first-order chi connectivity index (χ1) is 7.09. The topological polar surface area (TPSA) is 78.9 Å². The van der Waals surface area contributed by atoms with Crippen molar-refractivity contribution in [2.75, 3.05) is 26.7 Å². The monoisotopic (exact) mass is 216 g/mol. The van der Waals surface area contributed by atoms with Crippen molar-refractivity contribution in [2.24, 2.45) is 0 Å². The van der Waals surface area contributed by atoms with E-state index in [9.17, 15) is 9.59 Å². The molecule has 15 heavy (non-hydrogen) atoms. The number of aliphatic carboxylic acids is 1. The summed E-state index contributed by atoms with van der Waals surface area (Å²) in [6, 6.07) is -0.382. The highest BCUT2D eigenvalue weighted by Gasteiger charge is 2.17. The zero-order chi connectivity index (χ0) is 11.3. The minimum atomic E-state index is -1.02. The summed E-state index contributed by atoms with van der Waals surface area (Å²) in [6.45, 7) is 0.894. The lowest BCUT2D eigenvalue weighted by molar-refractivity contribution is -0.137. The van der Waals surface area contributed by atoms with Crippen LogP contribution in [0.4, 0.5) is 4.79 Å². The Morgan fingerprint density at radius 2 is 2.33 bits per heavy atom. The van der Waals surface area contributed by atoms with Crippen molar-refractivity contribution < 1.29 is 19.4 Å². The molecule has 1 unspecified atom stereocenters. The fourth-order valence-corrected chi connectivity index (χ4v) is 1.42. The number of likely N-dealkylation sites (N-methyl/N-ethyl adjacent to an activating group) is 1. The van der Waals surface area contributed by atoms with Crippen molar-refractivity contribution in [3.05, 3.63) is 0 Å². The summed E-state index contributed by atoms with van der Waals surface area (Å²) in [4.78, 5) is 22.8. The molecule has 1 aliphatic heterocycles. The standard InChI is InChI=1S/C9H16N2O4/c1-11(6-8(12)13)9(14)10-5-7-3-2-4-15-7/h7H,2-6H2,1H3,(H,10,14)(H,12,13). The number of carbonyl (C=O) groups is 2. The van der Waals surface area contributed by atoms with Crippen molar-refractivity contribution in [1.82, 2.24) is 10.2 Å². The Bertz CT molecular complexity index is 238. The lowest BCUT2D eigenvalue weighted by Crippen LogP contribution is -2.42. The average molecular weight is 216 g/mol. The van der Waals surface area contributed by atoms with Crippen LogP contribution < -0.4 is 5.32 Å². The molecule has 0 radical (unpaired) electrons. The van der Waals surface area contributed by atoms with Crippen molar-refractivity contribution in [1.29, 1.82) is 0 Å². The van der Waals surface area contributed by atoms with Gasteiger partial charge in [-0.25, -0.2) is 4.79 Å². The number of rotatable bonds is 4. The van der Waals surface area contributed by atoms with Gasteiger partial charge in [-0.15, -0.1) is 0 Å². The van der Waals surface area contributed by atoms with Crippen molar-refractivity contribution in [2.45, 2.75) is 18.9 Å². The third kappa shape index (κ3) is 4.16. The number of nitrogens with one attached hydrogen (secondary N) is 1. The Morgan fingerprint density at radius 1 is 1.60 bits per heavy atom. The highest BCUT2D eigenvalue weighted by atomic mass is 16.5. The molecule has 1 saturated heterocycles. The Balaban J connectivity index is 2.19. The van der Waals surface area contributed by atoms with E-state index in [1.54, 1.807) is 0 Å². The van der Waals surface area contributed by atoms with Crippen LogP contribution >= 0.6 is 0 Å². The molecule has 2 amide bonds. The van der Waals surface area contributed by atoms with Crippen LogP contribution in [0.1, 0.15) is 12.8 Å². The number of hydrogen-bond donors (Lipinski definition) is 2. The number of carboxylic acid groups (broad SMARTS) is 1. The first kappa shape index (κ1) is 11.8. The first-order valence-electron chi connectivity index (χ1n) is 4.92. The third-order valence-electron chi connectivity index (χ3n) is 2.22. The zero-order valence-electron chi connectivity index (χ0n) is 8.73. The predicted molar refractivity (Wildman–Crippen MR) is 52.6 cm³/mol. The maximum absolute atomic E-state index is 11.3. The summed E-state index contributed by atoms with van der Waals surface area (Å²) in [5.41, 5.74) is 0. The molecule has 1 heterocycles. The number of carbonyl (C=O) groups excluding carboxylic acids is 1. The minimum Gasteiger partial charge on any atom is -0.480 e. The summed E-state index contributed by atoms with van der Waals surface area (Å²) < 4.78 is 5.31. The Kier molecular flexibility index (Phi) is 4.36. The highest BCUT2D eigenvalue weighted by molar-refractivity contribution is 5.79. The van der Waals surface area contributed by atoms with E-state index < -0.39 is 5.97 Å². The second-order valence-corrected chi connectivity index (χ2v) is 3.57. The zero-order valence-corrected chi connectivity index (χ0v) is 8.73. The number of hydrogen-bond acceptors (Lipinski definition) is 3. The molecule has 2 N–H and O–H groups in total. The van der Waals surface area contributed by atoms with Crippen LogP contribution in [0, 0.1) is 0 Å². The van der Waals surface area contributed by atoms with Crippen molar-refractivity contribution in [3.63, 3.8) is 0 Å². The molecule has 1 rings (SSSR count). The predicted octanol–water partition coefficient (Wildman–Crippen LogP) is -0.109. The average Bonchev–Trinajstić information content (AvgIpc) is 2.65. The normalized spacial score (nSPS) is 19.9. The van der Waals surface area contributed by atoms with Gasteiger partial charge in [-0.05, 0) is 12.8 Å². The van der Waals surface area contributed by atoms with E-state index in [1.807, 2.05) is 0 Å². The van der Waals surface area contributed by atoms with Crippen LogP contribution in [0.25, 0.3) is 0 Å². The second kappa shape index (κ2) is 5.55. The van der Waals surface area contributed by atoms with Crippen molar-refractivity contribution >= 4 is 12.0 Å². The molecule has 0 spiro atoms. The molecule has 1 fully saturated rings. The van der Waals surface area contributed by atoms with E-state index in [2.05, 4.69) is 5.32 Å². The van der Waals surface area contributed by atoms with Gasteiger partial charge in [-0.2, -0.15) is 0 Å². The van der Waals surface area contributed by atoms with Gasteiger partial charge in [0.15, 0.2) is 0 Å². The molecule has 0 saturated carbocycles. The van der Waals surface area contributed by atoms with E-state index in [4.69, 9.17) is 9.84 Å². The van der Waals surface area contributed by atoms with Crippen LogP contribution in [0.5, 0.6) is 0 Å². The molecule has 6 nitrogen and oxygen atoms in total. The first-order valence-corrected chi connectivity index (χ1v) is 4.92. The molecule has 0 aromatic carbocycles.